The molecule has 0 aliphatic rings. The summed E-state index contributed by atoms with van der Waals surface area (Å²) in [4.78, 5) is 9.64. The molecule has 78 valence electrons. The molecule has 0 spiro atoms. The number of thiazole rings is 1. The van der Waals surface area contributed by atoms with Crippen LogP contribution in [0.4, 0.5) is 5.82 Å². The minimum absolute atomic E-state index is 0.765. The monoisotopic (exact) mass is 283 g/mol. The van der Waals surface area contributed by atoms with Crippen LogP contribution in [0.25, 0.3) is 0 Å². The predicted molar refractivity (Wildman–Crippen MR) is 66.1 cm³/mol. The summed E-state index contributed by atoms with van der Waals surface area (Å²) in [6, 6.07) is 3.86. The van der Waals surface area contributed by atoms with Crippen LogP contribution in [0, 0.1) is 6.92 Å². The van der Waals surface area contributed by atoms with Gasteiger partial charge in [-0.2, -0.15) is 0 Å². The minimum Gasteiger partial charge on any atom is -0.364 e. The molecule has 0 aromatic carbocycles. The number of aromatic nitrogens is 2. The number of hydrogen-bond acceptors (Lipinski definition) is 4. The first-order valence-corrected chi connectivity index (χ1v) is 6.12. The SMILES string of the molecule is Cc1ncc(CNc2ncccc2Br)s1. The predicted octanol–water partition coefficient (Wildman–Crippen LogP) is 3.22. The van der Waals surface area contributed by atoms with Gasteiger partial charge in [-0.1, -0.05) is 0 Å². The van der Waals surface area contributed by atoms with E-state index in [2.05, 4.69) is 31.2 Å². The molecule has 0 radical (unpaired) electrons. The Morgan fingerprint density at radius 1 is 1.47 bits per heavy atom. The van der Waals surface area contributed by atoms with Crippen LogP contribution in [0.5, 0.6) is 0 Å². The molecular weight excluding hydrogens is 274 g/mol. The molecule has 1 N–H and O–H groups in total. The van der Waals surface area contributed by atoms with Crippen molar-refractivity contribution in [2.75, 3.05) is 5.32 Å². The van der Waals surface area contributed by atoms with Crippen molar-refractivity contribution in [2.45, 2.75) is 13.5 Å². The Morgan fingerprint density at radius 2 is 2.33 bits per heavy atom. The van der Waals surface area contributed by atoms with E-state index in [1.165, 1.54) is 4.88 Å². The number of anilines is 1. The molecule has 2 aromatic rings. The Balaban J connectivity index is 2.02. The zero-order chi connectivity index (χ0) is 10.7. The highest BCUT2D eigenvalue weighted by Crippen LogP contribution is 2.20. The van der Waals surface area contributed by atoms with Crippen LogP contribution in [-0.4, -0.2) is 9.97 Å². The Bertz CT molecular complexity index is 455. The van der Waals surface area contributed by atoms with Crippen molar-refractivity contribution in [1.82, 2.24) is 9.97 Å². The van der Waals surface area contributed by atoms with Crippen LogP contribution in [0.1, 0.15) is 9.88 Å². The first kappa shape index (κ1) is 10.6. The van der Waals surface area contributed by atoms with Gasteiger partial charge in [0.25, 0.3) is 0 Å². The number of halogens is 1. The Kier molecular flexibility index (Phi) is 3.33. The van der Waals surface area contributed by atoms with Crippen molar-refractivity contribution in [3.05, 3.63) is 38.9 Å². The molecule has 0 saturated carbocycles. The molecule has 5 heteroatoms. The fourth-order valence-electron chi connectivity index (χ4n) is 1.17. The smallest absolute Gasteiger partial charge is 0.140 e. The number of pyridine rings is 1. The normalized spacial score (nSPS) is 10.3. The van der Waals surface area contributed by atoms with Crippen molar-refractivity contribution in [3.63, 3.8) is 0 Å². The van der Waals surface area contributed by atoms with E-state index in [9.17, 15) is 0 Å². The highest BCUT2D eigenvalue weighted by atomic mass is 79.9. The summed E-state index contributed by atoms with van der Waals surface area (Å²) in [6.07, 6.45) is 3.66. The Hall–Kier alpha value is -0.940. The van der Waals surface area contributed by atoms with E-state index in [4.69, 9.17) is 0 Å². The second kappa shape index (κ2) is 4.72. The number of hydrogen-bond donors (Lipinski definition) is 1. The third kappa shape index (κ3) is 2.76. The molecule has 2 heterocycles. The zero-order valence-electron chi connectivity index (χ0n) is 8.20. The van der Waals surface area contributed by atoms with Crippen LogP contribution in [0.3, 0.4) is 0 Å². The lowest BCUT2D eigenvalue weighted by Gasteiger charge is -2.04. The van der Waals surface area contributed by atoms with Crippen LogP contribution in [0.2, 0.25) is 0 Å². The molecule has 3 nitrogen and oxygen atoms in total. The fourth-order valence-corrected chi connectivity index (χ4v) is 2.30. The quantitative estimate of drug-likeness (QED) is 0.940. The number of nitrogens with one attached hydrogen (secondary N) is 1. The van der Waals surface area contributed by atoms with Crippen LogP contribution >= 0.6 is 27.3 Å². The highest BCUT2D eigenvalue weighted by molar-refractivity contribution is 9.10. The van der Waals surface area contributed by atoms with E-state index >= 15 is 0 Å². The number of rotatable bonds is 3. The van der Waals surface area contributed by atoms with Gasteiger partial charge in [-0.3, -0.25) is 0 Å². The second-order valence-corrected chi connectivity index (χ2v) is 5.21. The van der Waals surface area contributed by atoms with E-state index < -0.39 is 0 Å². The zero-order valence-corrected chi connectivity index (χ0v) is 10.6. The molecule has 0 bridgehead atoms. The summed E-state index contributed by atoms with van der Waals surface area (Å²) in [5.41, 5.74) is 0. The first-order valence-electron chi connectivity index (χ1n) is 4.51. The Morgan fingerprint density at radius 3 is 3.00 bits per heavy atom. The lowest BCUT2D eigenvalue weighted by atomic mass is 10.4. The standard InChI is InChI=1S/C10H10BrN3S/c1-7-13-5-8(15-7)6-14-10-9(11)3-2-4-12-10/h2-5H,6H2,1H3,(H,12,14). The van der Waals surface area contributed by atoms with Crippen LogP contribution < -0.4 is 5.32 Å². The van der Waals surface area contributed by atoms with Gasteiger partial charge in [0.2, 0.25) is 0 Å². The van der Waals surface area contributed by atoms with Crippen LogP contribution in [0.15, 0.2) is 29.0 Å². The summed E-state index contributed by atoms with van der Waals surface area (Å²) >= 11 is 5.13. The third-order valence-electron chi connectivity index (χ3n) is 1.86. The molecule has 0 atom stereocenters. The summed E-state index contributed by atoms with van der Waals surface area (Å²) in [5, 5.41) is 4.34. The van der Waals surface area contributed by atoms with Crippen molar-refractivity contribution >= 4 is 33.1 Å². The summed E-state index contributed by atoms with van der Waals surface area (Å²) in [6.45, 7) is 2.77. The lowest BCUT2D eigenvalue weighted by molar-refractivity contribution is 1.12. The van der Waals surface area contributed by atoms with E-state index in [1.807, 2.05) is 25.3 Å². The van der Waals surface area contributed by atoms with Gasteiger partial charge in [0.15, 0.2) is 0 Å². The maximum absolute atomic E-state index is 4.23. The number of nitrogens with zero attached hydrogens (tertiary/aromatic N) is 2. The Labute approximate surface area is 101 Å². The lowest BCUT2D eigenvalue weighted by Crippen LogP contribution is -1.99. The molecule has 0 saturated heterocycles. The van der Waals surface area contributed by atoms with E-state index in [0.29, 0.717) is 0 Å². The van der Waals surface area contributed by atoms with Gasteiger partial charge in [-0.05, 0) is 35.0 Å². The van der Waals surface area contributed by atoms with Crippen molar-refractivity contribution < 1.29 is 0 Å². The van der Waals surface area contributed by atoms with E-state index in [1.54, 1.807) is 17.5 Å². The van der Waals surface area contributed by atoms with Gasteiger partial charge >= 0.3 is 0 Å². The van der Waals surface area contributed by atoms with Crippen LogP contribution in [-0.2, 0) is 6.54 Å². The van der Waals surface area contributed by atoms with Gasteiger partial charge in [-0.25, -0.2) is 9.97 Å². The van der Waals surface area contributed by atoms with Crippen molar-refractivity contribution in [1.29, 1.82) is 0 Å². The molecule has 0 aliphatic heterocycles. The van der Waals surface area contributed by atoms with Gasteiger partial charge in [0, 0.05) is 17.3 Å². The summed E-state index contributed by atoms with van der Waals surface area (Å²) < 4.78 is 0.978. The molecule has 2 rings (SSSR count). The summed E-state index contributed by atoms with van der Waals surface area (Å²) in [7, 11) is 0. The van der Waals surface area contributed by atoms with Gasteiger partial charge in [0.05, 0.1) is 16.0 Å². The average molecular weight is 284 g/mol. The molecule has 15 heavy (non-hydrogen) atoms. The average Bonchev–Trinajstić information content (AvgIpc) is 2.63. The molecule has 0 fully saturated rings. The molecule has 0 amide bonds. The second-order valence-electron chi connectivity index (χ2n) is 3.03. The van der Waals surface area contributed by atoms with Crippen molar-refractivity contribution in [2.24, 2.45) is 0 Å². The maximum atomic E-state index is 4.23. The van der Waals surface area contributed by atoms with E-state index in [0.717, 1.165) is 21.8 Å². The van der Waals surface area contributed by atoms with E-state index in [-0.39, 0.29) is 0 Å². The molecular formula is C10H10BrN3S. The van der Waals surface area contributed by atoms with Gasteiger partial charge in [-0.15, -0.1) is 11.3 Å². The van der Waals surface area contributed by atoms with Gasteiger partial charge in [0.1, 0.15) is 5.82 Å². The summed E-state index contributed by atoms with van der Waals surface area (Å²) in [5.74, 6) is 0.864. The first-order chi connectivity index (χ1) is 7.25. The third-order valence-corrected chi connectivity index (χ3v) is 3.41. The largest absolute Gasteiger partial charge is 0.364 e. The molecule has 2 aromatic heterocycles. The molecule has 0 unspecified atom stereocenters. The van der Waals surface area contributed by atoms with Crippen molar-refractivity contribution in [3.8, 4) is 0 Å². The topological polar surface area (TPSA) is 37.8 Å². The van der Waals surface area contributed by atoms with Gasteiger partial charge < -0.3 is 5.32 Å². The highest BCUT2D eigenvalue weighted by Gasteiger charge is 2.01. The molecule has 0 aliphatic carbocycles. The maximum Gasteiger partial charge on any atom is 0.140 e. The number of aryl methyl sites for hydroxylation is 1. The minimum atomic E-state index is 0.765. The fraction of sp³-hybridized carbons (Fsp3) is 0.200.